The van der Waals surface area contributed by atoms with Crippen LogP contribution in [0.15, 0.2) is 66.4 Å². The third-order valence-electron chi connectivity index (χ3n) is 2.68. The van der Waals surface area contributed by atoms with Gasteiger partial charge in [-0.3, -0.25) is 4.79 Å². The van der Waals surface area contributed by atoms with E-state index in [1.807, 2.05) is 68.5 Å². The Bertz CT molecular complexity index is 495. The number of hydrogen-bond donors (Lipinski definition) is 0. The van der Waals surface area contributed by atoms with Gasteiger partial charge >= 0.3 is 0 Å². The first-order valence-corrected chi connectivity index (χ1v) is 6.93. The van der Waals surface area contributed by atoms with Gasteiger partial charge in [0.15, 0.2) is 5.78 Å². The summed E-state index contributed by atoms with van der Waals surface area (Å²) in [6.45, 7) is 2.02. The molecule has 0 aliphatic heterocycles. The summed E-state index contributed by atoms with van der Waals surface area (Å²) in [5.41, 5.74) is 1.94. The summed E-state index contributed by atoms with van der Waals surface area (Å²) in [5.74, 6) is 0.0462. The van der Waals surface area contributed by atoms with Crippen LogP contribution in [0.1, 0.15) is 18.9 Å². The molecule has 1 rings (SSSR count). The largest absolute Gasteiger partial charge is 0.383 e. The van der Waals surface area contributed by atoms with Gasteiger partial charge in [-0.1, -0.05) is 55.5 Å². The van der Waals surface area contributed by atoms with Gasteiger partial charge in [0.1, 0.15) is 0 Å². The molecule has 0 atom stereocenters. The fourth-order valence-corrected chi connectivity index (χ4v) is 1.72. The van der Waals surface area contributed by atoms with Gasteiger partial charge in [0.05, 0.1) is 0 Å². The van der Waals surface area contributed by atoms with Crippen molar-refractivity contribution in [3.8, 4) is 0 Å². The highest BCUT2D eigenvalue weighted by Gasteiger charge is 2.02. The van der Waals surface area contributed by atoms with E-state index in [1.165, 1.54) is 5.56 Å². The third-order valence-corrected chi connectivity index (χ3v) is 2.68. The molecule has 0 N–H and O–H groups in total. The summed E-state index contributed by atoms with van der Waals surface area (Å²) >= 11 is 0. The van der Waals surface area contributed by atoms with Crippen molar-refractivity contribution < 1.29 is 4.79 Å². The molecule has 20 heavy (non-hydrogen) atoms. The van der Waals surface area contributed by atoms with Crippen molar-refractivity contribution in [1.29, 1.82) is 0 Å². The lowest BCUT2D eigenvalue weighted by Gasteiger charge is -2.06. The van der Waals surface area contributed by atoms with Gasteiger partial charge in [0.2, 0.25) is 0 Å². The highest BCUT2D eigenvalue weighted by atomic mass is 16.1. The summed E-state index contributed by atoms with van der Waals surface area (Å²) < 4.78 is 0. The molecule has 1 aromatic rings. The van der Waals surface area contributed by atoms with Gasteiger partial charge < -0.3 is 4.90 Å². The van der Waals surface area contributed by atoms with E-state index in [4.69, 9.17) is 0 Å². The normalized spacial score (nSPS) is 12.2. The molecule has 0 aromatic heterocycles. The van der Waals surface area contributed by atoms with Crippen LogP contribution in [0.5, 0.6) is 0 Å². The average Bonchev–Trinajstić information content (AvgIpc) is 2.44. The van der Waals surface area contributed by atoms with Crippen molar-refractivity contribution in [2.75, 3.05) is 14.1 Å². The van der Waals surface area contributed by atoms with Crippen molar-refractivity contribution in [3.63, 3.8) is 0 Å². The van der Waals surface area contributed by atoms with E-state index in [-0.39, 0.29) is 5.78 Å². The van der Waals surface area contributed by atoms with Crippen LogP contribution in [0.4, 0.5) is 0 Å². The lowest BCUT2D eigenvalue weighted by atomic mass is 10.1. The summed E-state index contributed by atoms with van der Waals surface area (Å²) in [6, 6.07) is 10.2. The zero-order chi connectivity index (χ0) is 14.8. The Balaban J connectivity index is 2.75. The lowest BCUT2D eigenvalue weighted by molar-refractivity contribution is -0.111. The minimum Gasteiger partial charge on any atom is -0.383 e. The van der Waals surface area contributed by atoms with Gasteiger partial charge in [-0.25, -0.2) is 0 Å². The third kappa shape index (κ3) is 6.19. The number of benzene rings is 1. The van der Waals surface area contributed by atoms with Crippen molar-refractivity contribution in [1.82, 2.24) is 4.90 Å². The van der Waals surface area contributed by atoms with E-state index >= 15 is 0 Å². The van der Waals surface area contributed by atoms with Crippen LogP contribution in [0.3, 0.4) is 0 Å². The first-order valence-electron chi connectivity index (χ1n) is 6.93. The Morgan fingerprint density at radius 2 is 1.80 bits per heavy atom. The maximum atomic E-state index is 12.0. The van der Waals surface area contributed by atoms with Crippen LogP contribution < -0.4 is 0 Å². The van der Waals surface area contributed by atoms with E-state index < -0.39 is 0 Å². The Hall–Kier alpha value is -2.09. The molecule has 0 aliphatic rings. The minimum atomic E-state index is 0.0462. The van der Waals surface area contributed by atoms with E-state index in [9.17, 15) is 4.79 Å². The molecule has 0 amide bonds. The van der Waals surface area contributed by atoms with Crippen LogP contribution in [-0.2, 0) is 11.2 Å². The van der Waals surface area contributed by atoms with Crippen LogP contribution in [0.2, 0.25) is 0 Å². The number of ketones is 1. The van der Waals surface area contributed by atoms with E-state index in [1.54, 1.807) is 6.08 Å². The number of rotatable bonds is 7. The zero-order valence-electron chi connectivity index (χ0n) is 12.5. The second kappa shape index (κ2) is 8.92. The molecule has 1 aromatic carbocycles. The number of nitrogens with zero attached hydrogens (tertiary/aromatic N) is 1. The molecule has 0 unspecified atom stereocenters. The molecule has 106 valence electrons. The summed E-state index contributed by atoms with van der Waals surface area (Å²) in [4.78, 5) is 13.9. The first kappa shape index (κ1) is 16.0. The SMILES string of the molecule is CC/C=C\C(=O)C(/C=C\Cc1ccccc1)=C\N(C)C. The van der Waals surface area contributed by atoms with Gasteiger partial charge in [0.25, 0.3) is 0 Å². The molecular weight excluding hydrogens is 246 g/mol. The predicted octanol–water partition coefficient (Wildman–Crippen LogP) is 3.77. The average molecular weight is 269 g/mol. The Morgan fingerprint density at radius 3 is 2.40 bits per heavy atom. The maximum absolute atomic E-state index is 12.0. The topological polar surface area (TPSA) is 20.3 Å². The lowest BCUT2D eigenvalue weighted by Crippen LogP contribution is -2.06. The quantitative estimate of drug-likeness (QED) is 0.555. The molecule has 2 heteroatoms. The molecule has 0 fully saturated rings. The standard InChI is InChI=1S/C18H23NO/c1-4-5-14-18(20)17(15-19(2)3)13-9-12-16-10-7-6-8-11-16/h5-11,13-15H,4,12H2,1-3H3/b13-9-,14-5-,17-15-. The molecule has 0 radical (unpaired) electrons. The molecule has 2 nitrogen and oxygen atoms in total. The van der Waals surface area contributed by atoms with E-state index in [2.05, 4.69) is 12.1 Å². The number of carbonyl (C=O) groups excluding carboxylic acids is 1. The van der Waals surface area contributed by atoms with Crippen molar-refractivity contribution >= 4 is 5.78 Å². The van der Waals surface area contributed by atoms with Crippen molar-refractivity contribution in [3.05, 3.63) is 72.0 Å². The number of hydrogen-bond acceptors (Lipinski definition) is 2. The molecule has 0 bridgehead atoms. The molecular formula is C18H23NO. The fraction of sp³-hybridized carbons (Fsp3) is 0.278. The summed E-state index contributed by atoms with van der Waals surface area (Å²) in [5, 5.41) is 0. The zero-order valence-corrected chi connectivity index (χ0v) is 12.5. The van der Waals surface area contributed by atoms with Crippen molar-refractivity contribution in [2.45, 2.75) is 19.8 Å². The Labute approximate surface area is 122 Å². The Kier molecular flexibility index (Phi) is 7.12. The van der Waals surface area contributed by atoms with Crippen LogP contribution in [0, 0.1) is 0 Å². The van der Waals surface area contributed by atoms with E-state index in [0.717, 1.165) is 12.8 Å². The van der Waals surface area contributed by atoms with E-state index in [0.29, 0.717) is 5.57 Å². The van der Waals surface area contributed by atoms with Crippen LogP contribution in [0.25, 0.3) is 0 Å². The van der Waals surface area contributed by atoms with Crippen molar-refractivity contribution in [2.24, 2.45) is 0 Å². The van der Waals surface area contributed by atoms with Gasteiger partial charge in [-0.15, -0.1) is 0 Å². The second-order valence-electron chi connectivity index (χ2n) is 4.82. The van der Waals surface area contributed by atoms with Crippen LogP contribution in [-0.4, -0.2) is 24.8 Å². The number of carbonyl (C=O) groups is 1. The van der Waals surface area contributed by atoms with Gasteiger partial charge in [-0.2, -0.15) is 0 Å². The maximum Gasteiger partial charge on any atom is 0.186 e. The molecule has 0 saturated carbocycles. The molecule has 0 aliphatic carbocycles. The smallest absolute Gasteiger partial charge is 0.186 e. The fourth-order valence-electron chi connectivity index (χ4n) is 1.72. The molecule has 0 saturated heterocycles. The molecule has 0 spiro atoms. The highest BCUT2D eigenvalue weighted by molar-refractivity contribution is 6.05. The minimum absolute atomic E-state index is 0.0462. The summed E-state index contributed by atoms with van der Waals surface area (Å²) in [7, 11) is 3.84. The number of allylic oxidation sites excluding steroid dienone is 5. The summed E-state index contributed by atoms with van der Waals surface area (Å²) in [6.07, 6.45) is 11.0. The highest BCUT2D eigenvalue weighted by Crippen LogP contribution is 2.06. The Morgan fingerprint density at radius 1 is 1.10 bits per heavy atom. The molecule has 0 heterocycles. The second-order valence-corrected chi connectivity index (χ2v) is 4.82. The first-order chi connectivity index (χ1) is 9.63. The monoisotopic (exact) mass is 269 g/mol. The predicted molar refractivity (Wildman–Crippen MR) is 85.5 cm³/mol. The van der Waals surface area contributed by atoms with Gasteiger partial charge in [-0.05, 0) is 24.5 Å². The van der Waals surface area contributed by atoms with Gasteiger partial charge in [0, 0.05) is 25.9 Å². The van der Waals surface area contributed by atoms with Crippen LogP contribution >= 0.6 is 0 Å².